The molecule has 0 aliphatic carbocycles. The fraction of sp³-hybridized carbons (Fsp3) is 0.250. The molecule has 1 aliphatic rings. The van der Waals surface area contributed by atoms with E-state index in [4.69, 9.17) is 16.0 Å². The Labute approximate surface area is 167 Å². The van der Waals surface area contributed by atoms with Gasteiger partial charge in [0.05, 0.1) is 12.0 Å². The second-order valence-electron chi connectivity index (χ2n) is 6.58. The molecule has 0 saturated carbocycles. The van der Waals surface area contributed by atoms with Gasteiger partial charge < -0.3 is 14.2 Å². The number of benzene rings is 1. The van der Waals surface area contributed by atoms with Crippen molar-refractivity contribution in [3.05, 3.63) is 59.4 Å². The zero-order valence-corrected chi connectivity index (χ0v) is 16.1. The van der Waals surface area contributed by atoms with Gasteiger partial charge >= 0.3 is 0 Å². The molecule has 2 amide bonds. The highest BCUT2D eigenvalue weighted by Crippen LogP contribution is 2.24. The van der Waals surface area contributed by atoms with Crippen molar-refractivity contribution >= 4 is 23.4 Å². The van der Waals surface area contributed by atoms with Gasteiger partial charge in [0.2, 0.25) is 5.91 Å². The molecule has 1 fully saturated rings. The lowest BCUT2D eigenvalue weighted by Crippen LogP contribution is -2.50. The number of aromatic nitrogens is 2. The van der Waals surface area contributed by atoms with Crippen LogP contribution in [0.25, 0.3) is 17.1 Å². The van der Waals surface area contributed by atoms with E-state index in [0.29, 0.717) is 54.0 Å². The summed E-state index contributed by atoms with van der Waals surface area (Å²) in [4.78, 5) is 28.3. The second-order valence-corrected chi connectivity index (χ2v) is 7.02. The van der Waals surface area contributed by atoms with E-state index in [-0.39, 0.29) is 11.8 Å². The Morgan fingerprint density at radius 1 is 1.04 bits per heavy atom. The molecule has 0 unspecified atom stereocenters. The molecule has 0 atom stereocenters. The van der Waals surface area contributed by atoms with Crippen molar-refractivity contribution in [2.75, 3.05) is 26.2 Å². The summed E-state index contributed by atoms with van der Waals surface area (Å²) in [5, 5.41) is 5.13. The number of amides is 2. The number of hydrogen-bond donors (Lipinski definition) is 0. The monoisotopic (exact) mass is 398 g/mol. The van der Waals surface area contributed by atoms with Crippen LogP contribution in [-0.2, 0) is 4.79 Å². The highest BCUT2D eigenvalue weighted by atomic mass is 35.5. The summed E-state index contributed by atoms with van der Waals surface area (Å²) in [5.74, 6) is 0.459. The van der Waals surface area contributed by atoms with Crippen LogP contribution in [0, 0.1) is 0 Å². The molecule has 28 heavy (non-hydrogen) atoms. The number of carbonyl (C=O) groups is 2. The average molecular weight is 399 g/mol. The van der Waals surface area contributed by atoms with E-state index in [1.54, 1.807) is 58.0 Å². The molecule has 1 saturated heterocycles. The molecule has 7 nitrogen and oxygen atoms in total. The molecule has 0 spiro atoms. The maximum Gasteiger partial charge on any atom is 0.272 e. The van der Waals surface area contributed by atoms with Crippen LogP contribution >= 0.6 is 11.6 Å². The smallest absolute Gasteiger partial charge is 0.272 e. The van der Waals surface area contributed by atoms with Crippen molar-refractivity contribution in [3.63, 3.8) is 0 Å². The highest BCUT2D eigenvalue weighted by molar-refractivity contribution is 6.30. The number of piperazine rings is 1. The lowest BCUT2D eigenvalue weighted by atomic mass is 10.2. The van der Waals surface area contributed by atoms with Gasteiger partial charge in [-0.25, -0.2) is 4.68 Å². The molecule has 8 heteroatoms. The first-order valence-electron chi connectivity index (χ1n) is 8.97. The molecule has 0 radical (unpaired) electrons. The van der Waals surface area contributed by atoms with E-state index in [1.165, 1.54) is 0 Å². The van der Waals surface area contributed by atoms with Crippen LogP contribution in [0.15, 0.2) is 53.1 Å². The molecular weight excluding hydrogens is 380 g/mol. The van der Waals surface area contributed by atoms with Crippen molar-refractivity contribution in [2.45, 2.75) is 6.92 Å². The van der Waals surface area contributed by atoms with E-state index in [1.807, 2.05) is 12.1 Å². The summed E-state index contributed by atoms with van der Waals surface area (Å²) in [6.07, 6.45) is 1.57. The quantitative estimate of drug-likeness (QED) is 0.679. The van der Waals surface area contributed by atoms with Gasteiger partial charge in [-0.3, -0.25) is 9.59 Å². The zero-order chi connectivity index (χ0) is 19.7. The van der Waals surface area contributed by atoms with Gasteiger partial charge in [0, 0.05) is 44.2 Å². The average Bonchev–Trinajstić information content (AvgIpc) is 3.37. The van der Waals surface area contributed by atoms with E-state index >= 15 is 0 Å². The summed E-state index contributed by atoms with van der Waals surface area (Å²) >= 11 is 6.13. The van der Waals surface area contributed by atoms with E-state index < -0.39 is 0 Å². The van der Waals surface area contributed by atoms with Crippen LogP contribution in [0.3, 0.4) is 0 Å². The Morgan fingerprint density at radius 2 is 1.79 bits per heavy atom. The summed E-state index contributed by atoms with van der Waals surface area (Å²) in [5.41, 5.74) is 1.68. The first kappa shape index (κ1) is 18.3. The van der Waals surface area contributed by atoms with Crippen LogP contribution < -0.4 is 0 Å². The standard InChI is InChI=1S/C20H19ClN4O3/c1-14(26)23-7-9-24(10-8-23)20(27)18-13-17(19-6-3-11-28-19)22-25(18)16-5-2-4-15(21)12-16/h2-6,11-13H,7-10H2,1H3. The Morgan fingerprint density at radius 3 is 2.43 bits per heavy atom. The summed E-state index contributed by atoms with van der Waals surface area (Å²) in [6, 6.07) is 12.5. The Kier molecular flexibility index (Phi) is 4.92. The van der Waals surface area contributed by atoms with Gasteiger partial charge in [0.1, 0.15) is 11.4 Å². The van der Waals surface area contributed by atoms with Crippen molar-refractivity contribution in [1.29, 1.82) is 0 Å². The highest BCUT2D eigenvalue weighted by Gasteiger charge is 2.27. The minimum absolute atomic E-state index is 0.0242. The molecule has 3 aromatic rings. The van der Waals surface area contributed by atoms with Gasteiger partial charge in [0.25, 0.3) is 5.91 Å². The minimum Gasteiger partial charge on any atom is -0.463 e. The first-order chi connectivity index (χ1) is 13.5. The molecular formula is C20H19ClN4O3. The number of halogens is 1. The number of rotatable bonds is 3. The van der Waals surface area contributed by atoms with E-state index in [9.17, 15) is 9.59 Å². The van der Waals surface area contributed by atoms with Crippen LogP contribution in [0.1, 0.15) is 17.4 Å². The second kappa shape index (κ2) is 7.52. The van der Waals surface area contributed by atoms with Crippen molar-refractivity contribution < 1.29 is 14.0 Å². The normalized spacial score (nSPS) is 14.4. The third kappa shape index (κ3) is 3.53. The van der Waals surface area contributed by atoms with Crippen molar-refractivity contribution in [1.82, 2.24) is 19.6 Å². The number of nitrogens with zero attached hydrogens (tertiary/aromatic N) is 4. The van der Waals surface area contributed by atoms with Gasteiger partial charge in [-0.05, 0) is 30.3 Å². The molecule has 1 aliphatic heterocycles. The molecule has 3 heterocycles. The fourth-order valence-corrected chi connectivity index (χ4v) is 3.45. The van der Waals surface area contributed by atoms with Crippen LogP contribution in [-0.4, -0.2) is 57.6 Å². The largest absolute Gasteiger partial charge is 0.463 e. The zero-order valence-electron chi connectivity index (χ0n) is 15.3. The number of carbonyl (C=O) groups excluding carboxylic acids is 2. The lowest BCUT2D eigenvalue weighted by Gasteiger charge is -2.34. The topological polar surface area (TPSA) is 71.6 Å². The molecule has 0 N–H and O–H groups in total. The first-order valence-corrected chi connectivity index (χ1v) is 9.35. The predicted octanol–water partition coefficient (Wildman–Crippen LogP) is 3.09. The minimum atomic E-state index is -0.145. The maximum absolute atomic E-state index is 13.2. The van der Waals surface area contributed by atoms with Gasteiger partial charge in [-0.1, -0.05) is 17.7 Å². The third-order valence-corrected chi connectivity index (χ3v) is 5.00. The van der Waals surface area contributed by atoms with Gasteiger partial charge in [0.15, 0.2) is 5.76 Å². The predicted molar refractivity (Wildman–Crippen MR) is 104 cm³/mol. The Hall–Kier alpha value is -3.06. The van der Waals surface area contributed by atoms with Crippen molar-refractivity contribution in [2.24, 2.45) is 0 Å². The van der Waals surface area contributed by atoms with Crippen LogP contribution in [0.2, 0.25) is 5.02 Å². The Bertz CT molecular complexity index is 1000. The van der Waals surface area contributed by atoms with Crippen LogP contribution in [0.5, 0.6) is 0 Å². The summed E-state index contributed by atoms with van der Waals surface area (Å²) < 4.78 is 7.03. The molecule has 4 rings (SSSR count). The van der Waals surface area contributed by atoms with Crippen LogP contribution in [0.4, 0.5) is 0 Å². The molecule has 0 bridgehead atoms. The third-order valence-electron chi connectivity index (χ3n) is 4.77. The molecule has 144 valence electrons. The lowest BCUT2D eigenvalue weighted by molar-refractivity contribution is -0.130. The number of furan rings is 1. The fourth-order valence-electron chi connectivity index (χ4n) is 3.27. The molecule has 2 aromatic heterocycles. The SMILES string of the molecule is CC(=O)N1CCN(C(=O)c2cc(-c3ccco3)nn2-c2cccc(Cl)c2)CC1. The number of hydrogen-bond acceptors (Lipinski definition) is 4. The van der Waals surface area contributed by atoms with E-state index in [0.717, 1.165) is 0 Å². The van der Waals surface area contributed by atoms with E-state index in [2.05, 4.69) is 5.10 Å². The summed E-state index contributed by atoms with van der Waals surface area (Å²) in [6.45, 7) is 3.56. The molecule has 1 aromatic carbocycles. The summed E-state index contributed by atoms with van der Waals surface area (Å²) in [7, 11) is 0. The van der Waals surface area contributed by atoms with Crippen molar-refractivity contribution in [3.8, 4) is 17.1 Å². The van der Waals surface area contributed by atoms with Gasteiger partial charge in [-0.2, -0.15) is 5.10 Å². The Balaban J connectivity index is 1.69. The van der Waals surface area contributed by atoms with Gasteiger partial charge in [-0.15, -0.1) is 0 Å². The maximum atomic E-state index is 13.2.